The van der Waals surface area contributed by atoms with Crippen molar-refractivity contribution >= 4 is 17.7 Å². The highest BCUT2D eigenvalue weighted by Crippen LogP contribution is 2.21. The molecule has 0 spiro atoms. The predicted octanol–water partition coefficient (Wildman–Crippen LogP) is 4.48. The normalized spacial score (nSPS) is 19.4. The van der Waals surface area contributed by atoms with Gasteiger partial charge >= 0.3 is 0 Å². The van der Waals surface area contributed by atoms with E-state index in [0.29, 0.717) is 17.8 Å². The lowest BCUT2D eigenvalue weighted by Crippen LogP contribution is -2.28. The average Bonchev–Trinajstić information content (AvgIpc) is 2.96. The van der Waals surface area contributed by atoms with Crippen LogP contribution in [-0.2, 0) is 0 Å². The van der Waals surface area contributed by atoms with Crippen LogP contribution in [0.5, 0.6) is 5.75 Å². The van der Waals surface area contributed by atoms with Crippen LogP contribution < -0.4 is 10.1 Å². The van der Waals surface area contributed by atoms with Crippen LogP contribution in [-0.4, -0.2) is 24.2 Å². The monoisotopic (exact) mass is 320 g/mol. The SMILES string of the molecule is CC(C)(C)/C=C/C=C/c1cc(OC[C@@H]2CCCN2)cnc1Cl. The molecule has 0 amide bonds. The summed E-state index contributed by atoms with van der Waals surface area (Å²) in [6.07, 6.45) is 12.2. The van der Waals surface area contributed by atoms with E-state index in [0.717, 1.165) is 17.9 Å². The zero-order chi connectivity index (χ0) is 16.0. The average molecular weight is 321 g/mol. The highest BCUT2D eigenvalue weighted by atomic mass is 35.5. The number of pyridine rings is 1. The lowest BCUT2D eigenvalue weighted by Gasteiger charge is -2.12. The van der Waals surface area contributed by atoms with Crippen molar-refractivity contribution in [3.05, 3.63) is 41.2 Å². The molecule has 1 aliphatic rings. The van der Waals surface area contributed by atoms with Gasteiger partial charge in [0.1, 0.15) is 17.5 Å². The second-order valence-electron chi connectivity index (χ2n) is 6.74. The first kappa shape index (κ1) is 17.0. The first-order chi connectivity index (χ1) is 10.4. The van der Waals surface area contributed by atoms with Crippen LogP contribution in [0.4, 0.5) is 0 Å². The molecule has 1 aromatic heterocycles. The Balaban J connectivity index is 1.97. The lowest BCUT2D eigenvalue weighted by molar-refractivity contribution is 0.276. The third-order valence-corrected chi connectivity index (χ3v) is 3.75. The highest BCUT2D eigenvalue weighted by Gasteiger charge is 2.14. The molecule has 22 heavy (non-hydrogen) atoms. The zero-order valence-corrected chi connectivity index (χ0v) is 14.4. The number of nitrogens with zero attached hydrogens (tertiary/aromatic N) is 1. The summed E-state index contributed by atoms with van der Waals surface area (Å²) in [5.41, 5.74) is 1.04. The van der Waals surface area contributed by atoms with Gasteiger partial charge in [0.25, 0.3) is 0 Å². The fourth-order valence-electron chi connectivity index (χ4n) is 2.24. The van der Waals surface area contributed by atoms with Gasteiger partial charge in [-0.05, 0) is 30.9 Å². The van der Waals surface area contributed by atoms with E-state index < -0.39 is 0 Å². The van der Waals surface area contributed by atoms with Crippen molar-refractivity contribution in [2.75, 3.05) is 13.2 Å². The van der Waals surface area contributed by atoms with Gasteiger partial charge in [-0.2, -0.15) is 0 Å². The van der Waals surface area contributed by atoms with Crippen LogP contribution in [0.3, 0.4) is 0 Å². The van der Waals surface area contributed by atoms with Gasteiger partial charge in [-0.1, -0.05) is 56.7 Å². The molecule has 1 aliphatic heterocycles. The minimum atomic E-state index is 0.172. The Morgan fingerprint density at radius 1 is 1.41 bits per heavy atom. The number of rotatable bonds is 5. The van der Waals surface area contributed by atoms with Gasteiger partial charge in [-0.3, -0.25) is 0 Å². The van der Waals surface area contributed by atoms with E-state index >= 15 is 0 Å². The van der Waals surface area contributed by atoms with E-state index in [1.54, 1.807) is 6.20 Å². The quantitative estimate of drug-likeness (QED) is 0.641. The van der Waals surface area contributed by atoms with E-state index in [1.165, 1.54) is 12.8 Å². The molecular weight excluding hydrogens is 296 g/mol. The van der Waals surface area contributed by atoms with E-state index in [1.807, 2.05) is 24.3 Å². The summed E-state index contributed by atoms with van der Waals surface area (Å²) in [6.45, 7) is 8.25. The Hall–Kier alpha value is -1.32. The van der Waals surface area contributed by atoms with E-state index in [4.69, 9.17) is 16.3 Å². The number of hydrogen-bond acceptors (Lipinski definition) is 3. The van der Waals surface area contributed by atoms with E-state index in [-0.39, 0.29) is 5.41 Å². The van der Waals surface area contributed by atoms with Gasteiger partial charge in [0, 0.05) is 11.6 Å². The summed E-state index contributed by atoms with van der Waals surface area (Å²) in [7, 11) is 0. The van der Waals surface area contributed by atoms with Crippen molar-refractivity contribution in [3.63, 3.8) is 0 Å². The van der Waals surface area contributed by atoms with Crippen molar-refractivity contribution in [2.45, 2.75) is 39.7 Å². The summed E-state index contributed by atoms with van der Waals surface area (Å²) >= 11 is 6.14. The maximum absolute atomic E-state index is 6.14. The van der Waals surface area contributed by atoms with Crippen LogP contribution in [0.1, 0.15) is 39.2 Å². The molecule has 120 valence electrons. The van der Waals surface area contributed by atoms with Gasteiger partial charge in [-0.25, -0.2) is 4.98 Å². The van der Waals surface area contributed by atoms with Gasteiger partial charge in [0.15, 0.2) is 0 Å². The fourth-order valence-corrected chi connectivity index (χ4v) is 2.41. The Morgan fingerprint density at radius 2 is 2.23 bits per heavy atom. The van der Waals surface area contributed by atoms with Crippen LogP contribution in [0.15, 0.2) is 30.5 Å². The smallest absolute Gasteiger partial charge is 0.138 e. The van der Waals surface area contributed by atoms with Crippen molar-refractivity contribution in [2.24, 2.45) is 5.41 Å². The number of nitrogens with one attached hydrogen (secondary N) is 1. The highest BCUT2D eigenvalue weighted by molar-refractivity contribution is 6.30. The second kappa shape index (κ2) is 7.80. The molecule has 0 aliphatic carbocycles. The van der Waals surface area contributed by atoms with Crippen molar-refractivity contribution < 1.29 is 4.74 Å². The third-order valence-electron chi connectivity index (χ3n) is 3.44. The molecule has 1 aromatic rings. The Kier molecular flexibility index (Phi) is 6.04. The van der Waals surface area contributed by atoms with Crippen LogP contribution in [0.2, 0.25) is 5.15 Å². The van der Waals surface area contributed by atoms with Crippen molar-refractivity contribution in [1.29, 1.82) is 0 Å². The molecule has 4 heteroatoms. The van der Waals surface area contributed by atoms with Crippen molar-refractivity contribution in [3.8, 4) is 5.75 Å². The topological polar surface area (TPSA) is 34.1 Å². The maximum Gasteiger partial charge on any atom is 0.138 e. The minimum Gasteiger partial charge on any atom is -0.490 e. The number of hydrogen-bond donors (Lipinski definition) is 1. The molecule has 0 aromatic carbocycles. The zero-order valence-electron chi connectivity index (χ0n) is 13.6. The first-order valence-corrected chi connectivity index (χ1v) is 8.19. The standard InChI is InChI=1S/C18H25ClN2O/c1-18(2,3)9-5-4-7-14-11-16(12-21-17(14)19)22-13-15-8-6-10-20-15/h4-5,7,9,11-12,15,20H,6,8,10,13H2,1-3H3/b7-4+,9-5+/t15-/m0/s1. The van der Waals surface area contributed by atoms with E-state index in [2.05, 4.69) is 37.1 Å². The Morgan fingerprint density at radius 3 is 2.91 bits per heavy atom. The van der Waals surface area contributed by atoms with Gasteiger partial charge < -0.3 is 10.1 Å². The summed E-state index contributed by atoms with van der Waals surface area (Å²) in [5.74, 6) is 0.762. The molecule has 1 saturated heterocycles. The molecule has 0 radical (unpaired) electrons. The molecular formula is C18H25ClN2O. The molecule has 1 fully saturated rings. The summed E-state index contributed by atoms with van der Waals surface area (Å²) in [5, 5.41) is 3.91. The molecule has 1 atom stereocenters. The third kappa shape index (κ3) is 5.82. The summed E-state index contributed by atoms with van der Waals surface area (Å²) < 4.78 is 5.81. The van der Waals surface area contributed by atoms with Crippen LogP contribution >= 0.6 is 11.6 Å². The maximum atomic E-state index is 6.14. The van der Waals surface area contributed by atoms with Gasteiger partial charge in [0.2, 0.25) is 0 Å². The van der Waals surface area contributed by atoms with E-state index in [9.17, 15) is 0 Å². The largest absolute Gasteiger partial charge is 0.490 e. The number of ether oxygens (including phenoxy) is 1. The Labute approximate surface area is 138 Å². The summed E-state index contributed by atoms with van der Waals surface area (Å²) in [4.78, 5) is 4.20. The van der Waals surface area contributed by atoms with Gasteiger partial charge in [0.05, 0.1) is 6.20 Å². The predicted molar refractivity (Wildman–Crippen MR) is 93.4 cm³/mol. The molecule has 3 nitrogen and oxygen atoms in total. The fraction of sp³-hybridized carbons (Fsp3) is 0.500. The molecule has 2 rings (SSSR count). The number of halogens is 1. The summed E-state index contributed by atoms with van der Waals surface area (Å²) in [6, 6.07) is 2.38. The van der Waals surface area contributed by atoms with Crippen molar-refractivity contribution in [1.82, 2.24) is 10.3 Å². The second-order valence-corrected chi connectivity index (χ2v) is 7.10. The first-order valence-electron chi connectivity index (χ1n) is 7.82. The molecule has 0 unspecified atom stereocenters. The minimum absolute atomic E-state index is 0.172. The Bertz CT molecular complexity index is 541. The lowest BCUT2D eigenvalue weighted by atomic mass is 9.96. The number of aromatic nitrogens is 1. The molecule has 0 saturated carbocycles. The number of allylic oxidation sites excluding steroid dienone is 3. The van der Waals surface area contributed by atoms with Crippen LogP contribution in [0, 0.1) is 5.41 Å². The molecule has 0 bridgehead atoms. The van der Waals surface area contributed by atoms with Gasteiger partial charge in [-0.15, -0.1) is 0 Å². The van der Waals surface area contributed by atoms with Crippen LogP contribution in [0.25, 0.3) is 6.08 Å². The molecule has 1 N–H and O–H groups in total. The molecule has 2 heterocycles.